The highest BCUT2D eigenvalue weighted by molar-refractivity contribution is 6.07. The van der Waals surface area contributed by atoms with Gasteiger partial charge >= 0.3 is 6.18 Å². The van der Waals surface area contributed by atoms with Crippen LogP contribution >= 0.6 is 0 Å². The molecule has 0 saturated carbocycles. The van der Waals surface area contributed by atoms with Crippen LogP contribution in [0.4, 0.5) is 18.9 Å². The summed E-state index contributed by atoms with van der Waals surface area (Å²) in [5.41, 5.74) is -0.834. The number of benzene rings is 2. The van der Waals surface area contributed by atoms with E-state index in [4.69, 9.17) is 14.4 Å². The summed E-state index contributed by atoms with van der Waals surface area (Å²) < 4.78 is 50.4. The molecule has 0 unspecified atom stereocenters. The number of nitrogens with one attached hydrogen (secondary N) is 1. The summed E-state index contributed by atoms with van der Waals surface area (Å²) in [6, 6.07) is 9.50. The Morgan fingerprint density at radius 3 is 2.59 bits per heavy atom. The summed E-state index contributed by atoms with van der Waals surface area (Å²) in [5.74, 6) is -0.363. The third-order valence-electron chi connectivity index (χ3n) is 4.05. The van der Waals surface area contributed by atoms with Gasteiger partial charge in [-0.1, -0.05) is 0 Å². The summed E-state index contributed by atoms with van der Waals surface area (Å²) in [4.78, 5) is 12.5. The Kier molecular flexibility index (Phi) is 4.54. The van der Waals surface area contributed by atoms with Crippen LogP contribution in [0.2, 0.25) is 0 Å². The fraction of sp³-hybridized carbons (Fsp3) is 0.158. The van der Waals surface area contributed by atoms with E-state index in [0.717, 1.165) is 6.07 Å². The molecule has 2 aromatic carbocycles. The molecule has 0 bridgehead atoms. The number of fused-ring (bicyclic) bond motifs is 1. The average molecular weight is 374 g/mol. The first-order chi connectivity index (χ1) is 12.7. The molecule has 0 radical (unpaired) electrons. The second-order valence-electron chi connectivity index (χ2n) is 5.74. The lowest BCUT2D eigenvalue weighted by Crippen LogP contribution is -2.17. The number of alkyl halides is 3. The smallest absolute Gasteiger partial charge is 0.418 e. The van der Waals surface area contributed by atoms with Crippen LogP contribution < -0.4 is 10.1 Å². The molecule has 0 spiro atoms. The highest BCUT2D eigenvalue weighted by atomic mass is 19.4. The average Bonchev–Trinajstić information content (AvgIpc) is 2.97. The Morgan fingerprint density at radius 1 is 1.22 bits per heavy atom. The Morgan fingerprint density at radius 2 is 1.96 bits per heavy atom. The molecule has 1 N–H and O–H groups in total. The largest absolute Gasteiger partial charge is 0.497 e. The van der Waals surface area contributed by atoms with Crippen LogP contribution in [-0.2, 0) is 6.18 Å². The number of methoxy groups -OCH3 is 1. The molecule has 27 heavy (non-hydrogen) atoms. The van der Waals surface area contributed by atoms with Gasteiger partial charge in [0.05, 0.1) is 30.0 Å². The molecule has 1 aromatic heterocycles. The maximum atomic E-state index is 13.2. The minimum Gasteiger partial charge on any atom is -0.497 e. The van der Waals surface area contributed by atoms with Crippen LogP contribution in [0.15, 0.2) is 40.8 Å². The maximum absolute atomic E-state index is 13.2. The topological polar surface area (TPSA) is 75.3 Å². The molecule has 1 heterocycles. The van der Waals surface area contributed by atoms with E-state index < -0.39 is 23.3 Å². The van der Waals surface area contributed by atoms with Crippen molar-refractivity contribution in [1.29, 1.82) is 5.26 Å². The minimum atomic E-state index is -4.73. The van der Waals surface area contributed by atoms with Gasteiger partial charge in [0.2, 0.25) is 0 Å². The number of amides is 1. The first kappa shape index (κ1) is 18.3. The van der Waals surface area contributed by atoms with Crippen LogP contribution in [0.1, 0.15) is 27.2 Å². The van der Waals surface area contributed by atoms with Crippen molar-refractivity contribution < 1.29 is 27.1 Å². The summed E-state index contributed by atoms with van der Waals surface area (Å²) in [6.07, 6.45) is -4.73. The number of carbonyl (C=O) groups is 1. The fourth-order valence-corrected chi connectivity index (χ4v) is 2.68. The third-order valence-corrected chi connectivity index (χ3v) is 4.05. The van der Waals surface area contributed by atoms with E-state index in [1.807, 2.05) is 0 Å². The van der Waals surface area contributed by atoms with Crippen LogP contribution in [0.3, 0.4) is 0 Å². The zero-order valence-corrected chi connectivity index (χ0v) is 14.3. The van der Waals surface area contributed by atoms with E-state index in [-0.39, 0.29) is 11.3 Å². The van der Waals surface area contributed by atoms with Crippen molar-refractivity contribution in [2.75, 3.05) is 12.4 Å². The number of carbonyl (C=O) groups excluding carboxylic acids is 1. The van der Waals surface area contributed by atoms with Crippen molar-refractivity contribution >= 4 is 22.6 Å². The van der Waals surface area contributed by atoms with Crippen molar-refractivity contribution in [3.05, 3.63) is 58.8 Å². The summed E-state index contributed by atoms with van der Waals surface area (Å²) >= 11 is 0. The number of nitriles is 1. The summed E-state index contributed by atoms with van der Waals surface area (Å²) in [6.45, 7) is 1.63. The van der Waals surface area contributed by atoms with Crippen LogP contribution in [0.25, 0.3) is 11.0 Å². The van der Waals surface area contributed by atoms with Crippen molar-refractivity contribution in [1.82, 2.24) is 0 Å². The lowest BCUT2D eigenvalue weighted by atomic mass is 10.1. The van der Waals surface area contributed by atoms with Gasteiger partial charge in [-0.3, -0.25) is 4.79 Å². The molecule has 1 amide bonds. The van der Waals surface area contributed by atoms with Crippen molar-refractivity contribution in [2.24, 2.45) is 0 Å². The number of furan rings is 1. The van der Waals surface area contributed by atoms with Crippen molar-refractivity contribution in [3.63, 3.8) is 0 Å². The zero-order valence-electron chi connectivity index (χ0n) is 14.3. The highest BCUT2D eigenvalue weighted by Crippen LogP contribution is 2.36. The molecule has 3 rings (SSSR count). The third kappa shape index (κ3) is 3.44. The molecule has 0 saturated heterocycles. The number of rotatable bonds is 3. The monoisotopic (exact) mass is 374 g/mol. The second-order valence-corrected chi connectivity index (χ2v) is 5.74. The van der Waals surface area contributed by atoms with Crippen LogP contribution in [-0.4, -0.2) is 13.0 Å². The van der Waals surface area contributed by atoms with Gasteiger partial charge < -0.3 is 14.5 Å². The van der Waals surface area contributed by atoms with Gasteiger partial charge in [-0.25, -0.2) is 0 Å². The Labute approximate surface area is 152 Å². The Hall–Kier alpha value is -3.47. The number of anilines is 1. The normalized spacial score (nSPS) is 11.3. The molecule has 0 aliphatic rings. The second kappa shape index (κ2) is 6.68. The minimum absolute atomic E-state index is 0.101. The van der Waals surface area contributed by atoms with Crippen LogP contribution in [0.5, 0.6) is 5.75 Å². The standard InChI is InChI=1S/C19H13F3N2O3/c1-10-13-8-12(26-2)4-6-16(13)27-17(10)18(25)24-15-5-3-11(9-23)7-14(15)19(20,21)22/h3-8H,1-2H3,(H,24,25). The molecule has 0 atom stereocenters. The van der Waals surface area contributed by atoms with Gasteiger partial charge in [0.15, 0.2) is 5.76 Å². The van der Waals surface area contributed by atoms with Gasteiger partial charge in [0, 0.05) is 10.9 Å². The van der Waals surface area contributed by atoms with E-state index in [2.05, 4.69) is 5.32 Å². The van der Waals surface area contributed by atoms with Gasteiger partial charge in [0.1, 0.15) is 11.3 Å². The zero-order chi connectivity index (χ0) is 19.8. The Balaban J connectivity index is 2.00. The molecule has 138 valence electrons. The quantitative estimate of drug-likeness (QED) is 0.708. The molecule has 8 heteroatoms. The number of aryl methyl sites for hydroxylation is 1. The first-order valence-electron chi connectivity index (χ1n) is 7.74. The van der Waals surface area contributed by atoms with Gasteiger partial charge in [-0.15, -0.1) is 0 Å². The molecule has 5 nitrogen and oxygen atoms in total. The predicted octanol–water partition coefficient (Wildman–Crippen LogP) is 4.89. The Bertz CT molecular complexity index is 1080. The van der Waals surface area contributed by atoms with E-state index in [9.17, 15) is 18.0 Å². The van der Waals surface area contributed by atoms with E-state index >= 15 is 0 Å². The molecule has 0 aliphatic carbocycles. The SMILES string of the molecule is COc1ccc2oc(C(=O)Nc3ccc(C#N)cc3C(F)(F)F)c(C)c2c1. The van der Waals surface area contributed by atoms with E-state index in [1.54, 1.807) is 31.2 Å². The number of hydrogen-bond donors (Lipinski definition) is 1. The molecular formula is C19H13F3N2O3. The molecule has 0 aliphatic heterocycles. The highest BCUT2D eigenvalue weighted by Gasteiger charge is 2.34. The van der Waals surface area contributed by atoms with Gasteiger partial charge in [-0.05, 0) is 43.3 Å². The lowest BCUT2D eigenvalue weighted by molar-refractivity contribution is -0.136. The van der Waals surface area contributed by atoms with Crippen molar-refractivity contribution in [2.45, 2.75) is 13.1 Å². The number of halogens is 3. The first-order valence-corrected chi connectivity index (χ1v) is 7.74. The maximum Gasteiger partial charge on any atom is 0.418 e. The number of nitrogens with zero attached hydrogens (tertiary/aromatic N) is 1. The molecular weight excluding hydrogens is 361 g/mol. The van der Waals surface area contributed by atoms with E-state index in [1.165, 1.54) is 13.2 Å². The van der Waals surface area contributed by atoms with Gasteiger partial charge in [-0.2, -0.15) is 18.4 Å². The van der Waals surface area contributed by atoms with E-state index in [0.29, 0.717) is 28.3 Å². The van der Waals surface area contributed by atoms with Gasteiger partial charge in [0.25, 0.3) is 5.91 Å². The lowest BCUT2D eigenvalue weighted by Gasteiger charge is -2.13. The molecule has 0 fully saturated rings. The van der Waals surface area contributed by atoms with Crippen LogP contribution in [0, 0.1) is 18.3 Å². The molecule has 3 aromatic rings. The summed E-state index contributed by atoms with van der Waals surface area (Å²) in [7, 11) is 1.49. The number of hydrogen-bond acceptors (Lipinski definition) is 4. The van der Waals surface area contributed by atoms with Crippen molar-refractivity contribution in [3.8, 4) is 11.8 Å². The predicted molar refractivity (Wildman–Crippen MR) is 91.6 cm³/mol. The number of ether oxygens (including phenoxy) is 1. The summed E-state index contributed by atoms with van der Waals surface area (Å²) in [5, 5.41) is 11.7. The fourth-order valence-electron chi connectivity index (χ4n) is 2.68.